The van der Waals surface area contributed by atoms with Gasteiger partial charge < -0.3 is 9.57 Å². The van der Waals surface area contributed by atoms with Crippen LogP contribution in [0.3, 0.4) is 0 Å². The van der Waals surface area contributed by atoms with Gasteiger partial charge in [0.25, 0.3) is 0 Å². The van der Waals surface area contributed by atoms with Crippen LogP contribution in [-0.2, 0) is 17.6 Å². The van der Waals surface area contributed by atoms with Gasteiger partial charge in [-0.05, 0) is 55.5 Å². The van der Waals surface area contributed by atoms with Crippen molar-refractivity contribution in [3.05, 3.63) is 42.5 Å². The van der Waals surface area contributed by atoms with E-state index in [1.807, 2.05) is 0 Å². The Morgan fingerprint density at radius 2 is 2.03 bits per heavy atom. The van der Waals surface area contributed by atoms with Gasteiger partial charge >= 0.3 is 6.18 Å². The van der Waals surface area contributed by atoms with E-state index in [1.165, 1.54) is 18.5 Å². The van der Waals surface area contributed by atoms with Gasteiger partial charge in [0.05, 0.1) is 24.4 Å². The third-order valence-corrected chi connectivity index (χ3v) is 6.76. The van der Waals surface area contributed by atoms with E-state index in [4.69, 9.17) is 9.57 Å². The monoisotopic (exact) mass is 470 g/mol. The lowest BCUT2D eigenvalue weighted by Gasteiger charge is -2.43. The van der Waals surface area contributed by atoms with E-state index in [9.17, 15) is 13.2 Å². The van der Waals surface area contributed by atoms with Crippen molar-refractivity contribution in [1.82, 2.24) is 14.8 Å². The van der Waals surface area contributed by atoms with Gasteiger partial charge in [-0.3, -0.25) is 4.68 Å². The third kappa shape index (κ3) is 5.96. The highest BCUT2D eigenvalue weighted by atomic mass is 32.2. The molecule has 0 aliphatic heterocycles. The molecule has 1 aromatic carbocycles. The number of alkyl halides is 3. The Hall–Kier alpha value is -2.23. The average molecular weight is 471 g/mol. The zero-order chi connectivity index (χ0) is 23.2. The molecule has 0 N–H and O–H groups in total. The zero-order valence-corrected chi connectivity index (χ0v) is 19.3. The second-order valence-electron chi connectivity index (χ2n) is 8.32. The largest absolute Gasteiger partial charge is 0.493 e. The quantitative estimate of drug-likeness (QED) is 0.474. The number of hydrogen-bond acceptors (Lipinski definition) is 6. The van der Waals surface area contributed by atoms with Crippen LogP contribution in [0.25, 0.3) is 0 Å². The van der Waals surface area contributed by atoms with Crippen LogP contribution < -0.4 is 4.74 Å². The topological polar surface area (TPSA) is 61.5 Å². The lowest BCUT2D eigenvalue weighted by molar-refractivity contribution is -0.137. The van der Waals surface area contributed by atoms with E-state index in [1.54, 1.807) is 29.9 Å². The summed E-state index contributed by atoms with van der Waals surface area (Å²) in [5, 5.41) is 8.72. The van der Waals surface area contributed by atoms with Crippen LogP contribution in [0.15, 0.2) is 42.1 Å². The smallest absolute Gasteiger partial charge is 0.416 e. The summed E-state index contributed by atoms with van der Waals surface area (Å²) >= 11 is 1.80. The lowest BCUT2D eigenvalue weighted by atomic mass is 9.63. The Morgan fingerprint density at radius 1 is 1.28 bits per heavy atom. The molecule has 10 heteroatoms. The summed E-state index contributed by atoms with van der Waals surface area (Å²) in [6, 6.07) is 4.82. The van der Waals surface area contributed by atoms with Crippen LogP contribution in [0.2, 0.25) is 0 Å². The molecule has 0 radical (unpaired) electrons. The number of rotatable bonds is 9. The summed E-state index contributed by atoms with van der Waals surface area (Å²) in [7, 11) is 1.55. The molecule has 0 spiro atoms. The predicted molar refractivity (Wildman–Crippen MR) is 119 cm³/mol. The van der Waals surface area contributed by atoms with Gasteiger partial charge in [-0.15, -0.1) is 0 Å². The molecule has 0 saturated heterocycles. The maximum atomic E-state index is 12.8. The number of hydrogen-bond donors (Lipinski definition) is 0. The van der Waals surface area contributed by atoms with Gasteiger partial charge in [-0.1, -0.05) is 12.1 Å². The number of benzene rings is 1. The Morgan fingerprint density at radius 3 is 2.62 bits per heavy atom. The molecule has 0 amide bonds. The minimum absolute atomic E-state index is 0.00621. The highest BCUT2D eigenvalue weighted by Crippen LogP contribution is 2.44. The summed E-state index contributed by atoms with van der Waals surface area (Å²) in [6.07, 6.45) is 3.72. The van der Waals surface area contributed by atoms with E-state index in [2.05, 4.69) is 28.4 Å². The van der Waals surface area contributed by atoms with Gasteiger partial charge in [0.1, 0.15) is 25.5 Å². The molecule has 0 unspecified atom stereocenters. The summed E-state index contributed by atoms with van der Waals surface area (Å²) in [6.45, 7) is 3.17. The maximum absolute atomic E-state index is 12.8. The highest BCUT2D eigenvalue weighted by Gasteiger charge is 2.44. The van der Waals surface area contributed by atoms with Crippen molar-refractivity contribution in [1.29, 1.82) is 0 Å². The number of aromatic nitrogens is 3. The molecule has 3 rings (SSSR count). The predicted octanol–water partition coefficient (Wildman–Crippen LogP) is 5.16. The van der Waals surface area contributed by atoms with Crippen LogP contribution in [0.4, 0.5) is 13.2 Å². The van der Waals surface area contributed by atoms with Crippen LogP contribution in [0.5, 0.6) is 5.75 Å². The first-order valence-electron chi connectivity index (χ1n) is 10.5. The first kappa shape index (κ1) is 24.4. The molecular weight excluding hydrogens is 441 g/mol. The normalized spacial score (nSPS) is 25.1. The molecule has 1 saturated carbocycles. The number of halogens is 3. The van der Waals surface area contributed by atoms with E-state index in [0.717, 1.165) is 42.9 Å². The van der Waals surface area contributed by atoms with Crippen molar-refractivity contribution in [2.45, 2.75) is 38.9 Å². The van der Waals surface area contributed by atoms with Crippen LogP contribution in [0, 0.1) is 17.3 Å². The van der Waals surface area contributed by atoms with Crippen molar-refractivity contribution in [2.24, 2.45) is 22.4 Å². The Bertz CT molecular complexity index is 874. The molecular formula is C22H29F3N4O2S. The van der Waals surface area contributed by atoms with E-state index < -0.39 is 11.7 Å². The van der Waals surface area contributed by atoms with Crippen molar-refractivity contribution in [3.8, 4) is 5.75 Å². The maximum Gasteiger partial charge on any atom is 0.416 e. The molecule has 32 heavy (non-hydrogen) atoms. The molecule has 1 aliphatic carbocycles. The third-order valence-electron chi connectivity index (χ3n) is 6.15. The van der Waals surface area contributed by atoms with E-state index >= 15 is 0 Å². The van der Waals surface area contributed by atoms with Crippen LogP contribution in [-0.4, -0.2) is 46.2 Å². The fraction of sp³-hybridized carbons (Fsp3) is 0.591. The van der Waals surface area contributed by atoms with Gasteiger partial charge in [-0.2, -0.15) is 30.0 Å². The van der Waals surface area contributed by atoms with Gasteiger partial charge in [0.15, 0.2) is 0 Å². The minimum atomic E-state index is -4.36. The minimum Gasteiger partial charge on any atom is -0.493 e. The van der Waals surface area contributed by atoms with Crippen LogP contribution in [0.1, 0.15) is 31.7 Å². The Balaban J connectivity index is 1.79. The molecule has 3 atom stereocenters. The second-order valence-corrected chi connectivity index (χ2v) is 9.30. The molecule has 1 heterocycles. The van der Waals surface area contributed by atoms with E-state index in [-0.39, 0.29) is 17.3 Å². The molecule has 1 aromatic heterocycles. The van der Waals surface area contributed by atoms with Gasteiger partial charge in [0.2, 0.25) is 0 Å². The molecule has 1 aliphatic rings. The van der Waals surface area contributed by atoms with Crippen molar-refractivity contribution in [3.63, 3.8) is 0 Å². The lowest BCUT2D eigenvalue weighted by Crippen LogP contribution is -2.46. The summed E-state index contributed by atoms with van der Waals surface area (Å²) in [4.78, 5) is 9.30. The summed E-state index contributed by atoms with van der Waals surface area (Å²) in [5.41, 5.74) is 0.192. The summed E-state index contributed by atoms with van der Waals surface area (Å²) in [5.74, 6) is 1.55. The summed E-state index contributed by atoms with van der Waals surface area (Å²) < 4.78 is 46.2. The van der Waals surface area contributed by atoms with Crippen molar-refractivity contribution >= 4 is 17.5 Å². The molecule has 2 aromatic rings. The first-order chi connectivity index (χ1) is 15.3. The number of thioether (sulfide) groups is 1. The molecule has 6 nitrogen and oxygen atoms in total. The van der Waals surface area contributed by atoms with Crippen LogP contribution >= 0.6 is 11.8 Å². The molecule has 176 valence electrons. The standard InChI is InChI=1S/C22H29F3N4O2S/c1-21(10-11-32-3)9-8-16(13-31-18-6-4-17(5-7-18)22(23,24)25)19(20(21)28-30-2)12-29-15-26-14-27-29/h4-7,14-16,19H,8-13H2,1-3H3/t16-,19-,21-/m0/s1. The van der Waals surface area contributed by atoms with Crippen molar-refractivity contribution < 1.29 is 22.7 Å². The Kier molecular flexibility index (Phi) is 8.08. The fourth-order valence-electron chi connectivity index (χ4n) is 4.27. The second kappa shape index (κ2) is 10.6. The van der Waals surface area contributed by atoms with Gasteiger partial charge in [0, 0.05) is 17.3 Å². The SMILES string of the molecule is CON=C1[C@@H](Cn2cncn2)[C@H](COc2ccc(C(F)(F)F)cc2)CC[C@@]1(C)CCSC. The number of ether oxygens (including phenoxy) is 1. The average Bonchev–Trinajstić information content (AvgIpc) is 3.27. The highest BCUT2D eigenvalue weighted by molar-refractivity contribution is 7.98. The molecule has 0 bridgehead atoms. The van der Waals surface area contributed by atoms with Gasteiger partial charge in [-0.25, -0.2) is 4.98 Å². The number of nitrogens with zero attached hydrogens (tertiary/aromatic N) is 4. The van der Waals surface area contributed by atoms with Crippen molar-refractivity contribution in [2.75, 3.05) is 25.7 Å². The van der Waals surface area contributed by atoms with E-state index in [0.29, 0.717) is 18.9 Å². The first-order valence-corrected chi connectivity index (χ1v) is 11.9. The zero-order valence-electron chi connectivity index (χ0n) is 18.5. The number of oxime groups is 1. The molecule has 1 fully saturated rings. The Labute approximate surface area is 190 Å². The fourth-order valence-corrected chi connectivity index (χ4v) is 4.92.